The van der Waals surface area contributed by atoms with Crippen molar-refractivity contribution in [2.24, 2.45) is 10.9 Å². The van der Waals surface area contributed by atoms with Gasteiger partial charge in [0.15, 0.2) is 5.96 Å². The molecule has 0 radical (unpaired) electrons. The standard InChI is InChI=1S/C15H32N4.HI/c1-6-9-17-14(16-5)18-12-15(3,4)19-10-7-8-13(2)11-19;/h13H,6-12H2,1-5H3,(H2,16,17,18);1H. The lowest BCUT2D eigenvalue weighted by Gasteiger charge is -2.43. The molecule has 1 aliphatic rings. The summed E-state index contributed by atoms with van der Waals surface area (Å²) >= 11 is 0. The van der Waals surface area contributed by atoms with E-state index in [1.54, 1.807) is 0 Å². The summed E-state index contributed by atoms with van der Waals surface area (Å²) in [5, 5.41) is 6.78. The third-order valence-corrected chi connectivity index (χ3v) is 3.97. The van der Waals surface area contributed by atoms with Gasteiger partial charge in [-0.25, -0.2) is 0 Å². The molecule has 0 aromatic carbocycles. The molecule has 0 bridgehead atoms. The summed E-state index contributed by atoms with van der Waals surface area (Å²) in [6, 6.07) is 0. The van der Waals surface area contributed by atoms with Gasteiger partial charge in [-0.1, -0.05) is 13.8 Å². The van der Waals surface area contributed by atoms with Gasteiger partial charge in [0, 0.05) is 32.2 Å². The minimum atomic E-state index is 0. The highest BCUT2D eigenvalue weighted by molar-refractivity contribution is 14.0. The fraction of sp³-hybridized carbons (Fsp3) is 0.933. The molecule has 1 heterocycles. The van der Waals surface area contributed by atoms with Crippen LogP contribution in [0.3, 0.4) is 0 Å². The summed E-state index contributed by atoms with van der Waals surface area (Å²) in [4.78, 5) is 6.88. The van der Waals surface area contributed by atoms with Crippen molar-refractivity contribution >= 4 is 29.9 Å². The van der Waals surface area contributed by atoms with Gasteiger partial charge in [0.1, 0.15) is 0 Å². The Bertz CT molecular complexity index is 292. The van der Waals surface area contributed by atoms with E-state index >= 15 is 0 Å². The quantitative estimate of drug-likeness (QED) is 0.427. The first kappa shape index (κ1) is 20.0. The van der Waals surface area contributed by atoms with Crippen LogP contribution in [0.2, 0.25) is 0 Å². The van der Waals surface area contributed by atoms with Crippen LogP contribution in [0.15, 0.2) is 4.99 Å². The van der Waals surface area contributed by atoms with Crippen LogP contribution < -0.4 is 10.6 Å². The van der Waals surface area contributed by atoms with Gasteiger partial charge >= 0.3 is 0 Å². The van der Waals surface area contributed by atoms with Gasteiger partial charge in [0.2, 0.25) is 0 Å². The van der Waals surface area contributed by atoms with Gasteiger partial charge in [-0.2, -0.15) is 0 Å². The molecule has 1 aliphatic heterocycles. The first-order valence-corrected chi connectivity index (χ1v) is 7.69. The monoisotopic (exact) mass is 396 g/mol. The molecule has 1 saturated heterocycles. The molecular formula is C15H33IN4. The topological polar surface area (TPSA) is 39.7 Å². The van der Waals surface area contributed by atoms with Crippen LogP contribution in [-0.4, -0.2) is 49.6 Å². The molecule has 0 amide bonds. The van der Waals surface area contributed by atoms with Crippen LogP contribution in [0.25, 0.3) is 0 Å². The fourth-order valence-corrected chi connectivity index (χ4v) is 2.62. The Morgan fingerprint density at radius 1 is 1.35 bits per heavy atom. The minimum Gasteiger partial charge on any atom is -0.356 e. The number of piperidine rings is 1. The summed E-state index contributed by atoms with van der Waals surface area (Å²) in [6.07, 6.45) is 3.82. The Morgan fingerprint density at radius 3 is 2.60 bits per heavy atom. The molecule has 0 aliphatic carbocycles. The third-order valence-electron chi connectivity index (χ3n) is 3.97. The molecule has 0 aromatic rings. The summed E-state index contributed by atoms with van der Waals surface area (Å²) in [5.74, 6) is 1.74. The zero-order valence-corrected chi connectivity index (χ0v) is 16.2. The first-order valence-electron chi connectivity index (χ1n) is 7.69. The number of rotatable bonds is 5. The molecule has 1 fully saturated rings. The second kappa shape index (κ2) is 9.82. The number of guanidine groups is 1. The second-order valence-corrected chi connectivity index (χ2v) is 6.36. The Kier molecular flexibility index (Phi) is 9.80. The van der Waals surface area contributed by atoms with Crippen molar-refractivity contribution in [3.8, 4) is 0 Å². The van der Waals surface area contributed by atoms with Gasteiger partial charge in [0.05, 0.1) is 0 Å². The normalized spacial score (nSPS) is 21.2. The number of aliphatic imine (C=N–C) groups is 1. The lowest BCUT2D eigenvalue weighted by Crippen LogP contribution is -2.56. The molecule has 5 heteroatoms. The SMILES string of the molecule is CCCNC(=NC)NCC(C)(C)N1CCCC(C)C1.I. The van der Waals surface area contributed by atoms with Gasteiger partial charge in [-0.05, 0) is 45.6 Å². The van der Waals surface area contributed by atoms with Crippen molar-refractivity contribution in [2.75, 3.05) is 33.2 Å². The molecule has 0 spiro atoms. The van der Waals surface area contributed by atoms with Crippen molar-refractivity contribution in [3.05, 3.63) is 0 Å². The van der Waals surface area contributed by atoms with E-state index in [4.69, 9.17) is 0 Å². The molecule has 2 N–H and O–H groups in total. The van der Waals surface area contributed by atoms with Crippen molar-refractivity contribution < 1.29 is 0 Å². The molecule has 20 heavy (non-hydrogen) atoms. The van der Waals surface area contributed by atoms with Crippen LogP contribution in [0, 0.1) is 5.92 Å². The Morgan fingerprint density at radius 2 is 2.05 bits per heavy atom. The van der Waals surface area contributed by atoms with Crippen molar-refractivity contribution in [1.82, 2.24) is 15.5 Å². The molecule has 0 saturated carbocycles. The molecule has 1 atom stereocenters. The highest BCUT2D eigenvalue weighted by Gasteiger charge is 2.30. The van der Waals surface area contributed by atoms with Gasteiger partial charge in [0.25, 0.3) is 0 Å². The van der Waals surface area contributed by atoms with Crippen LogP contribution in [0.5, 0.6) is 0 Å². The number of nitrogens with zero attached hydrogens (tertiary/aromatic N) is 2. The van der Waals surface area contributed by atoms with E-state index in [9.17, 15) is 0 Å². The van der Waals surface area contributed by atoms with E-state index in [2.05, 4.69) is 48.2 Å². The summed E-state index contributed by atoms with van der Waals surface area (Å²) < 4.78 is 0. The molecule has 1 unspecified atom stereocenters. The highest BCUT2D eigenvalue weighted by atomic mass is 127. The predicted molar refractivity (Wildman–Crippen MR) is 99.1 cm³/mol. The first-order chi connectivity index (χ1) is 8.99. The Labute approximate surface area is 142 Å². The molecule has 120 valence electrons. The minimum absolute atomic E-state index is 0. The van der Waals surface area contributed by atoms with E-state index in [0.717, 1.165) is 31.4 Å². The molecule has 0 aromatic heterocycles. The Hall–Kier alpha value is -0.0400. The van der Waals surface area contributed by atoms with Gasteiger partial charge in [-0.15, -0.1) is 24.0 Å². The average molecular weight is 396 g/mol. The zero-order chi connectivity index (χ0) is 14.3. The van der Waals surface area contributed by atoms with Crippen LogP contribution >= 0.6 is 24.0 Å². The highest BCUT2D eigenvalue weighted by Crippen LogP contribution is 2.23. The third kappa shape index (κ3) is 6.61. The lowest BCUT2D eigenvalue weighted by molar-refractivity contribution is 0.0739. The maximum atomic E-state index is 4.26. The molecule has 4 nitrogen and oxygen atoms in total. The number of hydrogen-bond acceptors (Lipinski definition) is 2. The maximum Gasteiger partial charge on any atom is 0.191 e. The second-order valence-electron chi connectivity index (χ2n) is 6.36. The smallest absolute Gasteiger partial charge is 0.191 e. The van der Waals surface area contributed by atoms with Crippen molar-refractivity contribution in [1.29, 1.82) is 0 Å². The maximum absolute atomic E-state index is 4.26. The fourth-order valence-electron chi connectivity index (χ4n) is 2.62. The number of nitrogens with one attached hydrogen (secondary N) is 2. The molecule has 1 rings (SSSR count). The van der Waals surface area contributed by atoms with Crippen molar-refractivity contribution in [3.63, 3.8) is 0 Å². The summed E-state index contributed by atoms with van der Waals surface area (Å²) in [6.45, 7) is 13.5. The number of halogens is 1. The molecular weight excluding hydrogens is 363 g/mol. The van der Waals surface area contributed by atoms with E-state index in [0.29, 0.717) is 0 Å². The zero-order valence-electron chi connectivity index (χ0n) is 13.8. The van der Waals surface area contributed by atoms with E-state index in [-0.39, 0.29) is 29.5 Å². The van der Waals surface area contributed by atoms with Crippen LogP contribution in [0.4, 0.5) is 0 Å². The van der Waals surface area contributed by atoms with E-state index < -0.39 is 0 Å². The predicted octanol–water partition coefficient (Wildman–Crippen LogP) is 2.69. The van der Waals surface area contributed by atoms with E-state index in [1.165, 1.54) is 25.9 Å². The van der Waals surface area contributed by atoms with Crippen molar-refractivity contribution in [2.45, 2.75) is 52.5 Å². The summed E-state index contributed by atoms with van der Waals surface area (Å²) in [5.41, 5.74) is 0.179. The van der Waals surface area contributed by atoms with E-state index in [1.807, 2.05) is 7.05 Å². The van der Waals surface area contributed by atoms with Gasteiger partial charge < -0.3 is 10.6 Å². The Balaban J connectivity index is 0.00000361. The largest absolute Gasteiger partial charge is 0.356 e. The summed E-state index contributed by atoms with van der Waals surface area (Å²) in [7, 11) is 1.83. The van der Waals surface area contributed by atoms with Crippen LogP contribution in [-0.2, 0) is 0 Å². The number of likely N-dealkylation sites (tertiary alicyclic amines) is 1. The number of hydrogen-bond donors (Lipinski definition) is 2. The lowest BCUT2D eigenvalue weighted by atomic mass is 9.93. The van der Waals surface area contributed by atoms with Gasteiger partial charge in [-0.3, -0.25) is 9.89 Å². The average Bonchev–Trinajstić information content (AvgIpc) is 2.39. The van der Waals surface area contributed by atoms with Crippen LogP contribution in [0.1, 0.15) is 47.0 Å².